The number of aryl methyl sites for hydroxylation is 1. The number of rotatable bonds is 5. The molecule has 136 valence electrons. The summed E-state index contributed by atoms with van der Waals surface area (Å²) in [4.78, 5) is 25.0. The van der Waals surface area contributed by atoms with Gasteiger partial charge in [0.15, 0.2) is 6.61 Å². The molecular weight excluding hydrogens is 356 g/mol. The van der Waals surface area contributed by atoms with Gasteiger partial charge in [0, 0.05) is 11.1 Å². The van der Waals surface area contributed by atoms with Crippen LogP contribution in [0.2, 0.25) is 5.02 Å². The predicted octanol–water partition coefficient (Wildman–Crippen LogP) is 3.54. The van der Waals surface area contributed by atoms with Crippen molar-refractivity contribution < 1.29 is 14.6 Å². The molecule has 0 aliphatic heterocycles. The molecule has 0 spiro atoms. The zero-order valence-corrected chi connectivity index (χ0v) is 15.7. The number of nitriles is 1. The van der Waals surface area contributed by atoms with Crippen LogP contribution in [0.25, 0.3) is 0 Å². The summed E-state index contributed by atoms with van der Waals surface area (Å²) in [5, 5.41) is 20.3. The number of carbonyl (C=O) groups excluding carboxylic acids is 1. The predicted molar refractivity (Wildman–Crippen MR) is 98.2 cm³/mol. The van der Waals surface area contributed by atoms with E-state index in [4.69, 9.17) is 16.3 Å². The maximum absolute atomic E-state index is 12.6. The fourth-order valence-corrected chi connectivity index (χ4v) is 2.78. The highest BCUT2D eigenvalue weighted by molar-refractivity contribution is 6.31. The Morgan fingerprint density at radius 1 is 1.38 bits per heavy atom. The van der Waals surface area contributed by atoms with E-state index in [2.05, 4.69) is 0 Å². The molecule has 0 aliphatic carbocycles. The van der Waals surface area contributed by atoms with Crippen molar-refractivity contribution >= 4 is 17.4 Å². The van der Waals surface area contributed by atoms with Gasteiger partial charge >= 0.3 is 0 Å². The van der Waals surface area contributed by atoms with E-state index in [-0.39, 0.29) is 23.3 Å². The number of aromatic nitrogens is 1. The lowest BCUT2D eigenvalue weighted by Gasteiger charge is -2.18. The Kier molecular flexibility index (Phi) is 5.73. The van der Waals surface area contributed by atoms with Gasteiger partial charge < -0.3 is 9.84 Å². The van der Waals surface area contributed by atoms with Gasteiger partial charge in [0.25, 0.3) is 5.56 Å². The standard InChI is InChI=1S/C19H19ClN2O4/c1-10(2)22-18(24)14(8-21)12(4)17(19(22)25)16(23)9-26-13-5-6-15(20)11(3)7-13/h5-7,10,25H,9H2,1-4H3. The third kappa shape index (κ3) is 3.58. The van der Waals surface area contributed by atoms with Crippen molar-refractivity contribution in [3.63, 3.8) is 0 Å². The Morgan fingerprint density at radius 2 is 2.04 bits per heavy atom. The Balaban J connectivity index is 2.42. The van der Waals surface area contributed by atoms with E-state index in [1.54, 1.807) is 32.0 Å². The molecule has 6 nitrogen and oxygen atoms in total. The average molecular weight is 375 g/mol. The van der Waals surface area contributed by atoms with Gasteiger partial charge in [0.05, 0.1) is 5.56 Å². The van der Waals surface area contributed by atoms with E-state index >= 15 is 0 Å². The molecule has 0 unspecified atom stereocenters. The van der Waals surface area contributed by atoms with E-state index in [1.165, 1.54) is 6.92 Å². The van der Waals surface area contributed by atoms with Gasteiger partial charge in [-0.2, -0.15) is 5.26 Å². The molecule has 1 aromatic heterocycles. The minimum Gasteiger partial charge on any atom is -0.494 e. The van der Waals surface area contributed by atoms with Crippen molar-refractivity contribution in [3.8, 4) is 17.7 Å². The number of benzene rings is 1. The first-order chi connectivity index (χ1) is 12.2. The lowest BCUT2D eigenvalue weighted by atomic mass is 10.0. The summed E-state index contributed by atoms with van der Waals surface area (Å²) in [7, 11) is 0. The van der Waals surface area contributed by atoms with Gasteiger partial charge in [-0.15, -0.1) is 0 Å². The van der Waals surface area contributed by atoms with Crippen LogP contribution in [-0.4, -0.2) is 22.1 Å². The second-order valence-electron chi connectivity index (χ2n) is 6.20. The minimum absolute atomic E-state index is 0.0828. The molecule has 0 saturated heterocycles. The molecule has 0 amide bonds. The number of hydrogen-bond donors (Lipinski definition) is 1. The Morgan fingerprint density at radius 3 is 2.58 bits per heavy atom. The van der Waals surface area contributed by atoms with Crippen LogP contribution in [0.4, 0.5) is 0 Å². The lowest BCUT2D eigenvalue weighted by Crippen LogP contribution is -2.28. The summed E-state index contributed by atoms with van der Waals surface area (Å²) >= 11 is 5.96. The van der Waals surface area contributed by atoms with E-state index in [1.807, 2.05) is 13.0 Å². The summed E-state index contributed by atoms with van der Waals surface area (Å²) in [6.45, 7) is 6.28. The number of nitrogens with zero attached hydrogens (tertiary/aromatic N) is 2. The number of carbonyl (C=O) groups is 1. The number of hydrogen-bond acceptors (Lipinski definition) is 5. The molecule has 0 radical (unpaired) electrons. The van der Waals surface area contributed by atoms with Crippen molar-refractivity contribution in [3.05, 3.63) is 55.8 Å². The van der Waals surface area contributed by atoms with Crippen LogP contribution in [0.5, 0.6) is 11.6 Å². The first-order valence-electron chi connectivity index (χ1n) is 7.99. The number of aromatic hydroxyl groups is 1. The number of ether oxygens (including phenoxy) is 1. The third-order valence-corrected chi connectivity index (χ3v) is 4.46. The molecule has 0 bridgehead atoms. The topological polar surface area (TPSA) is 92.3 Å². The summed E-state index contributed by atoms with van der Waals surface area (Å²) in [6, 6.07) is 6.38. The van der Waals surface area contributed by atoms with E-state index in [0.29, 0.717) is 10.8 Å². The largest absolute Gasteiger partial charge is 0.494 e. The molecule has 0 saturated carbocycles. The quantitative estimate of drug-likeness (QED) is 0.808. The highest BCUT2D eigenvalue weighted by atomic mass is 35.5. The second kappa shape index (κ2) is 7.63. The van der Waals surface area contributed by atoms with Crippen LogP contribution in [0.15, 0.2) is 23.0 Å². The van der Waals surface area contributed by atoms with Gasteiger partial charge in [0.2, 0.25) is 11.7 Å². The van der Waals surface area contributed by atoms with Crippen LogP contribution in [0.1, 0.15) is 46.9 Å². The number of ketones is 1. The van der Waals surface area contributed by atoms with Gasteiger partial charge in [0.1, 0.15) is 17.4 Å². The maximum atomic E-state index is 12.6. The molecule has 2 rings (SSSR count). The van der Waals surface area contributed by atoms with Crippen molar-refractivity contribution in [2.75, 3.05) is 6.61 Å². The highest BCUT2D eigenvalue weighted by Gasteiger charge is 2.25. The van der Waals surface area contributed by atoms with E-state index in [9.17, 15) is 20.0 Å². The molecule has 1 N–H and O–H groups in total. The summed E-state index contributed by atoms with van der Waals surface area (Å²) in [6.07, 6.45) is 0. The molecule has 2 aromatic rings. The molecule has 26 heavy (non-hydrogen) atoms. The smallest absolute Gasteiger partial charge is 0.271 e. The zero-order chi connectivity index (χ0) is 19.6. The van der Waals surface area contributed by atoms with Gasteiger partial charge in [-0.1, -0.05) is 11.6 Å². The summed E-state index contributed by atoms with van der Waals surface area (Å²) in [5.41, 5.74) is 0.0783. The van der Waals surface area contributed by atoms with Crippen molar-refractivity contribution in [2.24, 2.45) is 0 Å². The Bertz CT molecular complexity index is 971. The number of halogens is 1. The van der Waals surface area contributed by atoms with Crippen LogP contribution >= 0.6 is 11.6 Å². The van der Waals surface area contributed by atoms with Crippen LogP contribution in [0, 0.1) is 25.2 Å². The van der Waals surface area contributed by atoms with Gasteiger partial charge in [-0.05, 0) is 57.0 Å². The average Bonchev–Trinajstić information content (AvgIpc) is 2.55. The zero-order valence-electron chi connectivity index (χ0n) is 15.0. The Hall–Kier alpha value is -2.78. The fraction of sp³-hybridized carbons (Fsp3) is 0.316. The number of pyridine rings is 1. The van der Waals surface area contributed by atoms with Gasteiger partial charge in [-0.25, -0.2) is 0 Å². The van der Waals surface area contributed by atoms with Crippen LogP contribution < -0.4 is 10.3 Å². The third-order valence-electron chi connectivity index (χ3n) is 4.04. The summed E-state index contributed by atoms with van der Waals surface area (Å²) in [5.74, 6) is -0.532. The van der Waals surface area contributed by atoms with E-state index in [0.717, 1.165) is 10.1 Å². The molecule has 0 atom stereocenters. The summed E-state index contributed by atoms with van der Waals surface area (Å²) < 4.78 is 6.52. The van der Waals surface area contributed by atoms with Crippen molar-refractivity contribution in [1.29, 1.82) is 5.26 Å². The minimum atomic E-state index is -0.622. The fourth-order valence-electron chi connectivity index (χ4n) is 2.66. The van der Waals surface area contributed by atoms with Crippen molar-refractivity contribution in [2.45, 2.75) is 33.7 Å². The second-order valence-corrected chi connectivity index (χ2v) is 6.61. The molecular formula is C19H19ClN2O4. The maximum Gasteiger partial charge on any atom is 0.271 e. The molecule has 1 heterocycles. The van der Waals surface area contributed by atoms with Crippen molar-refractivity contribution in [1.82, 2.24) is 4.57 Å². The molecule has 0 fully saturated rings. The number of Topliss-reactive ketones (excluding diaryl/α,β-unsaturated/α-hetero) is 1. The first kappa shape index (κ1) is 19.5. The molecule has 0 aliphatic rings. The lowest BCUT2D eigenvalue weighted by molar-refractivity contribution is 0.0916. The molecule has 1 aromatic carbocycles. The SMILES string of the molecule is Cc1cc(OCC(=O)c2c(C)c(C#N)c(=O)n(C(C)C)c2O)ccc1Cl. The molecule has 7 heteroatoms. The van der Waals surface area contributed by atoms with Gasteiger partial charge in [-0.3, -0.25) is 14.2 Å². The Labute approximate surface area is 156 Å². The first-order valence-corrected chi connectivity index (χ1v) is 8.37. The normalized spacial score (nSPS) is 10.7. The highest BCUT2D eigenvalue weighted by Crippen LogP contribution is 2.26. The van der Waals surface area contributed by atoms with E-state index < -0.39 is 23.3 Å². The monoisotopic (exact) mass is 374 g/mol. The van der Waals surface area contributed by atoms with Crippen LogP contribution in [-0.2, 0) is 0 Å². The van der Waals surface area contributed by atoms with Crippen LogP contribution in [0.3, 0.4) is 0 Å².